The summed E-state index contributed by atoms with van der Waals surface area (Å²) in [5.74, 6) is 0.0552. The first kappa shape index (κ1) is 26.8. The van der Waals surface area contributed by atoms with E-state index in [0.717, 1.165) is 29.8 Å². The van der Waals surface area contributed by atoms with Crippen LogP contribution in [0, 0.1) is 0 Å². The Kier molecular flexibility index (Phi) is 8.62. The molecule has 0 unspecified atom stereocenters. The van der Waals surface area contributed by atoms with Crippen molar-refractivity contribution in [1.82, 2.24) is 4.31 Å². The number of carbonyl (C=O) groups is 1. The second-order valence-corrected chi connectivity index (χ2v) is 11.9. The predicted octanol–water partition coefficient (Wildman–Crippen LogP) is 2.67. The molecule has 1 amide bonds. The number of methoxy groups -OCH3 is 1. The molecule has 2 aromatic carbocycles. The highest BCUT2D eigenvalue weighted by Gasteiger charge is 2.27. The zero-order chi connectivity index (χ0) is 25.6. The average Bonchev–Trinajstić information content (AvgIpc) is 2.82. The number of hydrogen-bond donors (Lipinski definition) is 1. The molecule has 10 nitrogen and oxygen atoms in total. The minimum absolute atomic E-state index is 0.0277. The molecule has 1 aliphatic rings. The van der Waals surface area contributed by atoms with Gasteiger partial charge in [-0.2, -0.15) is 4.31 Å². The Bertz CT molecular complexity index is 1260. The van der Waals surface area contributed by atoms with Crippen LogP contribution in [-0.4, -0.2) is 66.7 Å². The van der Waals surface area contributed by atoms with E-state index in [1.54, 1.807) is 25.1 Å². The molecular weight excluding hydrogens is 494 g/mol. The summed E-state index contributed by atoms with van der Waals surface area (Å²) in [6, 6.07) is 10.6. The fourth-order valence-corrected chi connectivity index (χ4v) is 6.21. The largest absolute Gasteiger partial charge is 0.495 e. The van der Waals surface area contributed by atoms with E-state index in [-0.39, 0.29) is 22.0 Å². The number of anilines is 2. The van der Waals surface area contributed by atoms with Crippen LogP contribution < -0.4 is 19.1 Å². The number of ether oxygens (including phenoxy) is 2. The van der Waals surface area contributed by atoms with E-state index >= 15 is 0 Å². The van der Waals surface area contributed by atoms with Crippen LogP contribution in [0.2, 0.25) is 0 Å². The molecule has 0 aromatic heterocycles. The number of benzene rings is 2. The zero-order valence-corrected chi connectivity index (χ0v) is 21.7. The van der Waals surface area contributed by atoms with Crippen LogP contribution in [0.1, 0.15) is 26.2 Å². The highest BCUT2D eigenvalue weighted by atomic mass is 32.2. The smallest absolute Gasteiger partial charge is 0.245 e. The van der Waals surface area contributed by atoms with Crippen LogP contribution in [0.15, 0.2) is 47.4 Å². The summed E-state index contributed by atoms with van der Waals surface area (Å²) in [5.41, 5.74) is 0.397. The summed E-state index contributed by atoms with van der Waals surface area (Å²) in [4.78, 5) is 12.9. The summed E-state index contributed by atoms with van der Waals surface area (Å²) in [5, 5.41) is 2.60. The average molecular weight is 526 g/mol. The summed E-state index contributed by atoms with van der Waals surface area (Å²) in [7, 11) is -6.16. The molecule has 0 spiro atoms. The summed E-state index contributed by atoms with van der Waals surface area (Å²) < 4.78 is 64.2. The molecule has 12 heteroatoms. The minimum atomic E-state index is -3.82. The van der Waals surface area contributed by atoms with E-state index in [2.05, 4.69) is 5.32 Å². The van der Waals surface area contributed by atoms with Crippen molar-refractivity contribution in [2.24, 2.45) is 0 Å². The molecule has 1 saturated heterocycles. The van der Waals surface area contributed by atoms with Crippen LogP contribution >= 0.6 is 0 Å². The van der Waals surface area contributed by atoms with Gasteiger partial charge in [0.15, 0.2) is 0 Å². The molecule has 0 atom stereocenters. The molecule has 1 heterocycles. The fraction of sp³-hybridized carbons (Fsp3) is 0.435. The second kappa shape index (κ2) is 11.3. The lowest BCUT2D eigenvalue weighted by Crippen LogP contribution is -2.37. The standard InChI is InChI=1S/C23H31N3O7S2/c1-4-33-19-10-8-9-18(15-19)26(34(3,28)29)17-23(27)24-21-16-20(11-12-22(21)32-2)35(30,31)25-13-6-5-7-14-25/h8-12,15-16H,4-7,13-14,17H2,1-3H3,(H,24,27). The van der Waals surface area contributed by atoms with Crippen molar-refractivity contribution in [3.05, 3.63) is 42.5 Å². The van der Waals surface area contributed by atoms with Gasteiger partial charge < -0.3 is 14.8 Å². The van der Waals surface area contributed by atoms with Gasteiger partial charge in [-0.25, -0.2) is 16.8 Å². The minimum Gasteiger partial charge on any atom is -0.495 e. The Hall–Kier alpha value is -2.83. The van der Waals surface area contributed by atoms with Crippen LogP contribution in [0.4, 0.5) is 11.4 Å². The number of hydrogen-bond acceptors (Lipinski definition) is 7. The van der Waals surface area contributed by atoms with Crippen LogP contribution in [-0.2, 0) is 24.8 Å². The van der Waals surface area contributed by atoms with Crippen molar-refractivity contribution in [2.45, 2.75) is 31.1 Å². The Labute approximate surface area is 206 Å². The van der Waals surface area contributed by atoms with Gasteiger partial charge in [-0.15, -0.1) is 0 Å². The van der Waals surface area contributed by atoms with Gasteiger partial charge in [0.1, 0.15) is 18.0 Å². The molecule has 1 fully saturated rings. The lowest BCUT2D eigenvalue weighted by atomic mass is 10.2. The zero-order valence-electron chi connectivity index (χ0n) is 20.1. The van der Waals surface area contributed by atoms with Gasteiger partial charge in [-0.3, -0.25) is 9.10 Å². The fourth-order valence-electron chi connectivity index (χ4n) is 3.81. The van der Waals surface area contributed by atoms with E-state index in [0.29, 0.717) is 25.4 Å². The Morgan fingerprint density at radius 2 is 1.77 bits per heavy atom. The maximum Gasteiger partial charge on any atom is 0.245 e. The number of sulfonamides is 2. The van der Waals surface area contributed by atoms with Gasteiger partial charge in [0, 0.05) is 19.2 Å². The highest BCUT2D eigenvalue weighted by molar-refractivity contribution is 7.92. The first-order chi connectivity index (χ1) is 16.6. The van der Waals surface area contributed by atoms with E-state index < -0.39 is 32.5 Å². The number of amides is 1. The molecule has 3 rings (SSSR count). The summed E-state index contributed by atoms with van der Waals surface area (Å²) >= 11 is 0. The van der Waals surface area contributed by atoms with Gasteiger partial charge in [-0.05, 0) is 50.1 Å². The normalized spacial score (nSPS) is 14.8. The highest BCUT2D eigenvalue weighted by Crippen LogP contribution is 2.30. The Morgan fingerprint density at radius 3 is 2.40 bits per heavy atom. The van der Waals surface area contributed by atoms with E-state index in [1.807, 2.05) is 0 Å². The Balaban J connectivity index is 1.86. The SMILES string of the molecule is CCOc1cccc(N(CC(=O)Nc2cc(S(=O)(=O)N3CCCCC3)ccc2OC)S(C)(=O)=O)c1. The van der Waals surface area contributed by atoms with Crippen LogP contribution in [0.5, 0.6) is 11.5 Å². The van der Waals surface area contributed by atoms with Crippen LogP contribution in [0.25, 0.3) is 0 Å². The molecule has 1 aliphatic heterocycles. The number of carbonyl (C=O) groups excluding carboxylic acids is 1. The van der Waals surface area contributed by atoms with Crippen LogP contribution in [0.3, 0.4) is 0 Å². The second-order valence-electron chi connectivity index (χ2n) is 8.08. The van der Waals surface area contributed by atoms with Gasteiger partial charge in [0.05, 0.1) is 36.2 Å². The van der Waals surface area contributed by atoms with E-state index in [4.69, 9.17) is 9.47 Å². The predicted molar refractivity (Wildman–Crippen MR) is 134 cm³/mol. The van der Waals surface area contributed by atoms with Gasteiger partial charge >= 0.3 is 0 Å². The maximum atomic E-state index is 13.1. The van der Waals surface area contributed by atoms with Gasteiger partial charge in [0.2, 0.25) is 26.0 Å². The topological polar surface area (TPSA) is 122 Å². The first-order valence-corrected chi connectivity index (χ1v) is 14.5. The van der Waals surface area contributed by atoms with Crippen molar-refractivity contribution in [3.63, 3.8) is 0 Å². The number of rotatable bonds is 10. The van der Waals surface area contributed by atoms with E-state index in [9.17, 15) is 21.6 Å². The molecular formula is C23H31N3O7S2. The monoisotopic (exact) mass is 525 g/mol. The third-order valence-electron chi connectivity index (χ3n) is 5.50. The summed E-state index contributed by atoms with van der Waals surface area (Å²) in [6.45, 7) is 2.57. The van der Waals surface area contributed by atoms with Crippen molar-refractivity contribution >= 4 is 37.3 Å². The Morgan fingerprint density at radius 1 is 1.06 bits per heavy atom. The molecule has 192 valence electrons. The molecule has 0 bridgehead atoms. The third-order valence-corrected chi connectivity index (χ3v) is 8.54. The molecule has 1 N–H and O–H groups in total. The van der Waals surface area contributed by atoms with Crippen molar-refractivity contribution in [1.29, 1.82) is 0 Å². The molecule has 0 saturated carbocycles. The quantitative estimate of drug-likeness (QED) is 0.506. The number of nitrogens with one attached hydrogen (secondary N) is 1. The number of nitrogens with zero attached hydrogens (tertiary/aromatic N) is 2. The molecule has 35 heavy (non-hydrogen) atoms. The van der Waals surface area contributed by atoms with Gasteiger partial charge in [0.25, 0.3) is 0 Å². The maximum absolute atomic E-state index is 13.1. The van der Waals surface area contributed by atoms with Crippen molar-refractivity contribution < 1.29 is 31.1 Å². The lowest BCUT2D eigenvalue weighted by Gasteiger charge is -2.26. The molecule has 0 aliphatic carbocycles. The molecule has 2 aromatic rings. The number of piperidine rings is 1. The van der Waals surface area contributed by atoms with E-state index in [1.165, 1.54) is 35.7 Å². The molecule has 0 radical (unpaired) electrons. The van der Waals surface area contributed by atoms with Gasteiger partial charge in [-0.1, -0.05) is 12.5 Å². The third kappa shape index (κ3) is 6.65. The van der Waals surface area contributed by atoms with Crippen molar-refractivity contribution in [2.75, 3.05) is 49.2 Å². The first-order valence-electron chi connectivity index (χ1n) is 11.2. The summed E-state index contributed by atoms with van der Waals surface area (Å²) in [6.07, 6.45) is 3.58. The van der Waals surface area contributed by atoms with Crippen molar-refractivity contribution in [3.8, 4) is 11.5 Å². The lowest BCUT2D eigenvalue weighted by molar-refractivity contribution is -0.114.